The fraction of sp³-hybridized carbons (Fsp3) is 0.200. The molecule has 0 saturated carbocycles. The monoisotopic (exact) mass is 360 g/mol. The van der Waals surface area contributed by atoms with Crippen LogP contribution in [0.5, 0.6) is 0 Å². The van der Waals surface area contributed by atoms with Crippen molar-refractivity contribution in [2.24, 2.45) is 0 Å². The average Bonchev–Trinajstić information content (AvgIpc) is 2.44. The molecule has 0 aliphatic rings. The third-order valence-corrected chi connectivity index (χ3v) is 3.97. The molecule has 0 aromatic heterocycles. The Labute approximate surface area is 129 Å². The quantitative estimate of drug-likeness (QED) is 0.624. The average molecular weight is 362 g/mol. The molecule has 106 valence electrons. The third kappa shape index (κ3) is 2.73. The molecular formula is C15H12BrClF2O. The second-order valence-electron chi connectivity index (χ2n) is 4.38. The third-order valence-electron chi connectivity index (χ3n) is 3.17. The van der Waals surface area contributed by atoms with Gasteiger partial charge >= 0.3 is 0 Å². The van der Waals surface area contributed by atoms with Crippen molar-refractivity contribution in [2.45, 2.75) is 12.0 Å². The Morgan fingerprint density at radius 3 is 2.35 bits per heavy atom. The Kier molecular flexibility index (Phi) is 4.78. The lowest BCUT2D eigenvalue weighted by atomic mass is 9.83. The van der Waals surface area contributed by atoms with Crippen LogP contribution in [0, 0.1) is 11.6 Å². The summed E-state index contributed by atoms with van der Waals surface area (Å²) in [5, 5.41) is 10.9. The summed E-state index contributed by atoms with van der Waals surface area (Å²) in [6.45, 7) is 0. The molecule has 0 amide bonds. The van der Waals surface area contributed by atoms with Crippen LogP contribution in [0.1, 0.15) is 17.5 Å². The molecule has 0 spiro atoms. The summed E-state index contributed by atoms with van der Waals surface area (Å²) in [6, 6.07) is 10.8. The summed E-state index contributed by atoms with van der Waals surface area (Å²) >= 11 is 8.72. The van der Waals surface area contributed by atoms with Gasteiger partial charge in [-0.15, -0.1) is 11.6 Å². The van der Waals surface area contributed by atoms with Gasteiger partial charge in [0.25, 0.3) is 0 Å². The predicted molar refractivity (Wildman–Crippen MR) is 78.8 cm³/mol. The van der Waals surface area contributed by atoms with Crippen LogP contribution < -0.4 is 0 Å². The summed E-state index contributed by atoms with van der Waals surface area (Å²) in [7, 11) is 0. The molecule has 2 rings (SSSR count). The maximum Gasteiger partial charge on any atom is 0.146 e. The highest BCUT2D eigenvalue weighted by atomic mass is 79.9. The molecule has 0 heterocycles. The molecule has 1 unspecified atom stereocenters. The second-order valence-corrected chi connectivity index (χ2v) is 5.62. The molecular weight excluding hydrogens is 350 g/mol. The maximum absolute atomic E-state index is 14.3. The van der Waals surface area contributed by atoms with Crippen molar-refractivity contribution in [3.05, 3.63) is 69.7 Å². The molecule has 1 nitrogen and oxygen atoms in total. The van der Waals surface area contributed by atoms with Crippen LogP contribution in [-0.2, 0) is 5.60 Å². The van der Waals surface area contributed by atoms with Crippen LogP contribution in [0.25, 0.3) is 0 Å². The van der Waals surface area contributed by atoms with Gasteiger partial charge in [0.1, 0.15) is 17.2 Å². The van der Waals surface area contributed by atoms with Crippen molar-refractivity contribution in [2.75, 3.05) is 5.88 Å². The Hall–Kier alpha value is -0.970. The highest BCUT2D eigenvalue weighted by Gasteiger charge is 2.37. The van der Waals surface area contributed by atoms with E-state index < -0.39 is 22.8 Å². The molecule has 0 fully saturated rings. The lowest BCUT2D eigenvalue weighted by molar-refractivity contribution is 0.0691. The molecule has 1 atom stereocenters. The highest BCUT2D eigenvalue weighted by molar-refractivity contribution is 9.10. The molecule has 0 aliphatic carbocycles. The SMILES string of the molecule is OC(CCCl)(c1ccccc1)c1c(F)ccc(Br)c1F. The molecule has 0 saturated heterocycles. The standard InChI is InChI=1S/C15H12BrClF2O/c16-11-6-7-12(18)13(14(11)19)15(20,8-9-17)10-4-2-1-3-5-10/h1-7,20H,8-9H2. The van der Waals surface area contributed by atoms with Gasteiger partial charge < -0.3 is 5.11 Å². The number of hydrogen-bond donors (Lipinski definition) is 1. The first-order valence-corrected chi connectivity index (χ1v) is 7.31. The summed E-state index contributed by atoms with van der Waals surface area (Å²) in [5.41, 5.74) is -1.80. The molecule has 1 N–H and O–H groups in total. The van der Waals surface area contributed by atoms with Crippen molar-refractivity contribution in [3.63, 3.8) is 0 Å². The van der Waals surface area contributed by atoms with Crippen LogP contribution in [0.4, 0.5) is 8.78 Å². The van der Waals surface area contributed by atoms with Gasteiger partial charge in [-0.3, -0.25) is 0 Å². The number of aliphatic hydroxyl groups is 1. The van der Waals surface area contributed by atoms with E-state index >= 15 is 0 Å². The first kappa shape index (κ1) is 15.4. The molecule has 0 aliphatic heterocycles. The molecule has 5 heteroatoms. The van der Waals surface area contributed by atoms with Crippen LogP contribution in [0.2, 0.25) is 0 Å². The first-order valence-electron chi connectivity index (χ1n) is 5.98. The van der Waals surface area contributed by atoms with Gasteiger partial charge in [0.2, 0.25) is 0 Å². The topological polar surface area (TPSA) is 20.2 Å². The zero-order chi connectivity index (χ0) is 14.8. The van der Waals surface area contributed by atoms with Crippen LogP contribution in [0.3, 0.4) is 0 Å². The van der Waals surface area contributed by atoms with E-state index in [1.165, 1.54) is 6.07 Å². The van der Waals surface area contributed by atoms with E-state index in [0.29, 0.717) is 5.56 Å². The van der Waals surface area contributed by atoms with Gasteiger partial charge in [-0.2, -0.15) is 0 Å². The highest BCUT2D eigenvalue weighted by Crippen LogP contribution is 2.38. The number of alkyl halides is 1. The van der Waals surface area contributed by atoms with E-state index in [4.69, 9.17) is 11.6 Å². The largest absolute Gasteiger partial charge is 0.380 e. The van der Waals surface area contributed by atoms with E-state index in [1.807, 2.05) is 0 Å². The van der Waals surface area contributed by atoms with Crippen molar-refractivity contribution in [3.8, 4) is 0 Å². The molecule has 0 bridgehead atoms. The summed E-state index contributed by atoms with van der Waals surface area (Å²) < 4.78 is 28.4. The normalized spacial score (nSPS) is 14.1. The Morgan fingerprint density at radius 1 is 1.10 bits per heavy atom. The zero-order valence-electron chi connectivity index (χ0n) is 10.4. The summed E-state index contributed by atoms with van der Waals surface area (Å²) in [5.74, 6) is -1.56. The summed E-state index contributed by atoms with van der Waals surface area (Å²) in [4.78, 5) is 0. The molecule has 2 aromatic rings. The molecule has 20 heavy (non-hydrogen) atoms. The Balaban J connectivity index is 2.69. The van der Waals surface area contributed by atoms with Crippen molar-refractivity contribution < 1.29 is 13.9 Å². The van der Waals surface area contributed by atoms with Crippen LogP contribution >= 0.6 is 27.5 Å². The van der Waals surface area contributed by atoms with Gasteiger partial charge in [0.05, 0.1) is 10.0 Å². The molecule has 0 radical (unpaired) electrons. The minimum atomic E-state index is -1.80. The van der Waals surface area contributed by atoms with Crippen molar-refractivity contribution >= 4 is 27.5 Å². The Bertz CT molecular complexity index is 606. The van der Waals surface area contributed by atoms with Gasteiger partial charge in [-0.1, -0.05) is 30.3 Å². The van der Waals surface area contributed by atoms with Gasteiger partial charge in [0, 0.05) is 5.88 Å². The van der Waals surface area contributed by atoms with Crippen molar-refractivity contribution in [1.82, 2.24) is 0 Å². The van der Waals surface area contributed by atoms with E-state index in [0.717, 1.165) is 6.07 Å². The van der Waals surface area contributed by atoms with E-state index in [9.17, 15) is 13.9 Å². The zero-order valence-corrected chi connectivity index (χ0v) is 12.8. The van der Waals surface area contributed by atoms with E-state index in [1.54, 1.807) is 30.3 Å². The van der Waals surface area contributed by atoms with Gasteiger partial charge in [-0.05, 0) is 40.0 Å². The minimum Gasteiger partial charge on any atom is -0.380 e. The number of hydrogen-bond acceptors (Lipinski definition) is 1. The van der Waals surface area contributed by atoms with Crippen molar-refractivity contribution in [1.29, 1.82) is 0 Å². The van der Waals surface area contributed by atoms with Gasteiger partial charge in [0.15, 0.2) is 0 Å². The predicted octanol–water partition coefficient (Wildman–Crippen LogP) is 4.59. The maximum atomic E-state index is 14.3. The van der Waals surface area contributed by atoms with E-state index in [2.05, 4.69) is 15.9 Å². The fourth-order valence-corrected chi connectivity index (χ4v) is 2.77. The first-order chi connectivity index (χ1) is 9.50. The molecule has 2 aromatic carbocycles. The smallest absolute Gasteiger partial charge is 0.146 e. The van der Waals surface area contributed by atoms with Gasteiger partial charge in [-0.25, -0.2) is 8.78 Å². The fourth-order valence-electron chi connectivity index (χ4n) is 2.17. The summed E-state index contributed by atoms with van der Waals surface area (Å²) in [6.07, 6.45) is 0.00284. The van der Waals surface area contributed by atoms with Crippen LogP contribution in [-0.4, -0.2) is 11.0 Å². The number of rotatable bonds is 4. The lowest BCUT2D eigenvalue weighted by Crippen LogP contribution is -2.30. The lowest BCUT2D eigenvalue weighted by Gasteiger charge is -2.29. The second kappa shape index (κ2) is 6.20. The number of halogens is 4. The minimum absolute atomic E-state index is 0.00284. The van der Waals surface area contributed by atoms with E-state index in [-0.39, 0.29) is 16.8 Å². The van der Waals surface area contributed by atoms with Crippen LogP contribution in [0.15, 0.2) is 46.9 Å². The Morgan fingerprint density at radius 2 is 1.75 bits per heavy atom. The number of benzene rings is 2.